The summed E-state index contributed by atoms with van der Waals surface area (Å²) in [7, 11) is 0. The molecule has 0 atom stereocenters. The van der Waals surface area contributed by atoms with Gasteiger partial charge in [-0.05, 0) is 12.5 Å². The van der Waals surface area contributed by atoms with Crippen LogP contribution in [-0.4, -0.2) is 17.5 Å². The minimum atomic E-state index is -0.626. The summed E-state index contributed by atoms with van der Waals surface area (Å²) >= 11 is 0. The van der Waals surface area contributed by atoms with Gasteiger partial charge in [0.2, 0.25) is 0 Å². The van der Waals surface area contributed by atoms with Crippen LogP contribution in [0.15, 0.2) is 24.3 Å². The van der Waals surface area contributed by atoms with Gasteiger partial charge in [-0.25, -0.2) is 4.79 Å². The fourth-order valence-electron chi connectivity index (χ4n) is 1.58. The van der Waals surface area contributed by atoms with Gasteiger partial charge >= 0.3 is 5.97 Å². The van der Waals surface area contributed by atoms with Crippen LogP contribution in [0, 0.1) is 10.1 Å². The molecule has 5 nitrogen and oxygen atoms in total. The SMILES string of the molecule is CCCCCCOC(=O)c1ccccc1[N+](=O)[O-]. The van der Waals surface area contributed by atoms with E-state index in [2.05, 4.69) is 6.92 Å². The van der Waals surface area contributed by atoms with Crippen molar-refractivity contribution in [3.8, 4) is 0 Å². The summed E-state index contributed by atoms with van der Waals surface area (Å²) in [5.74, 6) is -0.626. The molecule has 0 saturated heterocycles. The van der Waals surface area contributed by atoms with E-state index in [9.17, 15) is 14.9 Å². The van der Waals surface area contributed by atoms with Crippen LogP contribution < -0.4 is 0 Å². The Bertz CT molecular complexity index is 417. The first-order chi connectivity index (χ1) is 8.66. The van der Waals surface area contributed by atoms with Gasteiger partial charge in [0.1, 0.15) is 5.56 Å². The lowest BCUT2D eigenvalue weighted by molar-refractivity contribution is -0.385. The molecular weight excluding hydrogens is 234 g/mol. The van der Waals surface area contributed by atoms with Crippen LogP contribution in [0.25, 0.3) is 0 Å². The maximum atomic E-state index is 11.7. The number of para-hydroxylation sites is 1. The van der Waals surface area contributed by atoms with Crippen LogP contribution in [0.3, 0.4) is 0 Å². The molecule has 0 saturated carbocycles. The van der Waals surface area contributed by atoms with Crippen molar-refractivity contribution in [3.63, 3.8) is 0 Å². The van der Waals surface area contributed by atoms with Crippen LogP contribution in [0.5, 0.6) is 0 Å². The lowest BCUT2D eigenvalue weighted by Crippen LogP contribution is -2.09. The number of nitro benzene ring substituents is 1. The predicted octanol–water partition coefficient (Wildman–Crippen LogP) is 3.33. The molecular formula is C13H17NO4. The molecule has 5 heteroatoms. The van der Waals surface area contributed by atoms with E-state index in [0.717, 1.165) is 25.7 Å². The summed E-state index contributed by atoms with van der Waals surface area (Å²) in [5.41, 5.74) is -0.200. The van der Waals surface area contributed by atoms with Crippen LogP contribution >= 0.6 is 0 Å². The van der Waals surface area contributed by atoms with Crippen molar-refractivity contribution < 1.29 is 14.5 Å². The average molecular weight is 251 g/mol. The van der Waals surface area contributed by atoms with Gasteiger partial charge in [0.25, 0.3) is 5.69 Å². The number of carbonyl (C=O) groups excluding carboxylic acids is 1. The Morgan fingerprint density at radius 1 is 1.28 bits per heavy atom. The van der Waals surface area contributed by atoms with E-state index in [-0.39, 0.29) is 11.3 Å². The van der Waals surface area contributed by atoms with Crippen molar-refractivity contribution in [1.82, 2.24) is 0 Å². The molecule has 0 heterocycles. The summed E-state index contributed by atoms with van der Waals surface area (Å²) in [5, 5.41) is 10.7. The number of rotatable bonds is 7. The predicted molar refractivity (Wildman–Crippen MR) is 67.5 cm³/mol. The normalized spacial score (nSPS) is 10.1. The number of benzene rings is 1. The maximum absolute atomic E-state index is 11.7. The molecule has 18 heavy (non-hydrogen) atoms. The molecule has 0 bridgehead atoms. The van der Waals surface area contributed by atoms with Crippen LogP contribution in [0.4, 0.5) is 5.69 Å². The number of esters is 1. The summed E-state index contributed by atoms with van der Waals surface area (Å²) in [6.45, 7) is 2.41. The van der Waals surface area contributed by atoms with E-state index in [0.29, 0.717) is 6.61 Å². The third-order valence-electron chi connectivity index (χ3n) is 2.55. The summed E-state index contributed by atoms with van der Waals surface area (Å²) in [4.78, 5) is 21.8. The number of nitro groups is 1. The first kappa shape index (κ1) is 14.2. The Morgan fingerprint density at radius 3 is 2.67 bits per heavy atom. The van der Waals surface area contributed by atoms with E-state index < -0.39 is 10.9 Å². The molecule has 1 rings (SSSR count). The molecule has 0 aliphatic heterocycles. The maximum Gasteiger partial charge on any atom is 0.345 e. The summed E-state index contributed by atoms with van der Waals surface area (Å²) in [6.07, 6.45) is 4.00. The second-order valence-electron chi connectivity index (χ2n) is 3.97. The van der Waals surface area contributed by atoms with Crippen molar-refractivity contribution in [1.29, 1.82) is 0 Å². The van der Waals surface area contributed by atoms with Gasteiger partial charge in [0.05, 0.1) is 11.5 Å². The Kier molecular flexibility index (Phi) is 5.84. The number of hydrogen-bond acceptors (Lipinski definition) is 4. The highest BCUT2D eigenvalue weighted by molar-refractivity contribution is 5.93. The second-order valence-corrected chi connectivity index (χ2v) is 3.97. The van der Waals surface area contributed by atoms with Gasteiger partial charge in [-0.3, -0.25) is 10.1 Å². The summed E-state index contributed by atoms with van der Waals surface area (Å²) < 4.78 is 5.02. The zero-order chi connectivity index (χ0) is 13.4. The number of unbranched alkanes of at least 4 members (excludes halogenated alkanes) is 3. The standard InChI is InChI=1S/C13H17NO4/c1-2-3-4-7-10-18-13(15)11-8-5-6-9-12(11)14(16)17/h5-6,8-9H,2-4,7,10H2,1H3. The van der Waals surface area contributed by atoms with Crippen molar-refractivity contribution in [2.24, 2.45) is 0 Å². The van der Waals surface area contributed by atoms with E-state index in [4.69, 9.17) is 4.74 Å². The first-order valence-electron chi connectivity index (χ1n) is 6.07. The lowest BCUT2D eigenvalue weighted by Gasteiger charge is -2.04. The molecule has 0 spiro atoms. The third-order valence-corrected chi connectivity index (χ3v) is 2.55. The van der Waals surface area contributed by atoms with Crippen LogP contribution in [0.1, 0.15) is 43.0 Å². The quantitative estimate of drug-likeness (QED) is 0.322. The van der Waals surface area contributed by atoms with Gasteiger partial charge in [-0.15, -0.1) is 0 Å². The topological polar surface area (TPSA) is 69.4 Å². The molecule has 98 valence electrons. The largest absolute Gasteiger partial charge is 0.462 e. The van der Waals surface area contributed by atoms with E-state index in [1.807, 2.05) is 0 Å². The molecule has 0 aliphatic rings. The Balaban J connectivity index is 2.54. The van der Waals surface area contributed by atoms with Crippen LogP contribution in [-0.2, 0) is 4.74 Å². The van der Waals surface area contributed by atoms with Crippen LogP contribution in [0.2, 0.25) is 0 Å². The smallest absolute Gasteiger partial charge is 0.345 e. The van der Waals surface area contributed by atoms with Gasteiger partial charge in [-0.1, -0.05) is 38.3 Å². The molecule has 0 amide bonds. The fourth-order valence-corrected chi connectivity index (χ4v) is 1.58. The van der Waals surface area contributed by atoms with Crippen molar-refractivity contribution >= 4 is 11.7 Å². The minimum Gasteiger partial charge on any atom is -0.462 e. The van der Waals surface area contributed by atoms with Gasteiger partial charge < -0.3 is 4.74 Å². The third kappa shape index (κ3) is 4.16. The minimum absolute atomic E-state index is 0.0120. The summed E-state index contributed by atoms with van der Waals surface area (Å²) in [6, 6.07) is 5.82. The molecule has 1 aromatic carbocycles. The molecule has 1 aromatic rings. The monoisotopic (exact) mass is 251 g/mol. The molecule has 0 fully saturated rings. The van der Waals surface area contributed by atoms with Gasteiger partial charge in [-0.2, -0.15) is 0 Å². The van der Waals surface area contributed by atoms with Crippen molar-refractivity contribution in [2.75, 3.05) is 6.61 Å². The molecule has 0 unspecified atom stereocenters. The van der Waals surface area contributed by atoms with E-state index in [1.165, 1.54) is 18.2 Å². The number of carbonyl (C=O) groups is 1. The highest BCUT2D eigenvalue weighted by atomic mass is 16.6. The lowest BCUT2D eigenvalue weighted by atomic mass is 10.2. The van der Waals surface area contributed by atoms with Gasteiger partial charge in [0, 0.05) is 6.07 Å². The average Bonchev–Trinajstić information content (AvgIpc) is 2.38. The number of hydrogen-bond donors (Lipinski definition) is 0. The number of ether oxygens (including phenoxy) is 1. The molecule has 0 aromatic heterocycles. The number of nitrogens with zero attached hydrogens (tertiary/aromatic N) is 1. The zero-order valence-electron chi connectivity index (χ0n) is 10.4. The molecule has 0 aliphatic carbocycles. The zero-order valence-corrected chi connectivity index (χ0v) is 10.4. The Hall–Kier alpha value is -1.91. The van der Waals surface area contributed by atoms with Crippen molar-refractivity contribution in [3.05, 3.63) is 39.9 Å². The Labute approximate surface area is 106 Å². The highest BCUT2D eigenvalue weighted by Crippen LogP contribution is 2.18. The Morgan fingerprint density at radius 2 is 2.00 bits per heavy atom. The highest BCUT2D eigenvalue weighted by Gasteiger charge is 2.19. The van der Waals surface area contributed by atoms with E-state index in [1.54, 1.807) is 6.07 Å². The van der Waals surface area contributed by atoms with Crippen molar-refractivity contribution in [2.45, 2.75) is 32.6 Å². The van der Waals surface area contributed by atoms with Gasteiger partial charge in [0.15, 0.2) is 0 Å². The fraction of sp³-hybridized carbons (Fsp3) is 0.462. The second kappa shape index (κ2) is 7.42. The molecule has 0 radical (unpaired) electrons. The van der Waals surface area contributed by atoms with E-state index >= 15 is 0 Å². The first-order valence-corrected chi connectivity index (χ1v) is 6.07. The molecule has 0 N–H and O–H groups in total.